The van der Waals surface area contributed by atoms with Gasteiger partial charge in [0.2, 0.25) is 5.91 Å². The molecule has 5 nitrogen and oxygen atoms in total. The van der Waals surface area contributed by atoms with Crippen molar-refractivity contribution in [1.82, 2.24) is 14.8 Å². The molecule has 2 aromatic carbocycles. The van der Waals surface area contributed by atoms with Gasteiger partial charge in [-0.25, -0.2) is 8.78 Å². The molecule has 26 heavy (non-hydrogen) atoms. The number of hydrogen-bond donors (Lipinski definition) is 1. The van der Waals surface area contributed by atoms with Crippen molar-refractivity contribution in [2.24, 2.45) is 0 Å². The fraction of sp³-hybridized carbons (Fsp3) is 0.167. The van der Waals surface area contributed by atoms with Crippen LogP contribution in [-0.2, 0) is 4.79 Å². The number of carbonyl (C=O) groups is 1. The van der Waals surface area contributed by atoms with Crippen LogP contribution in [0.15, 0.2) is 47.6 Å². The zero-order valence-electron chi connectivity index (χ0n) is 14.2. The van der Waals surface area contributed by atoms with E-state index in [1.165, 1.54) is 11.8 Å². The van der Waals surface area contributed by atoms with E-state index >= 15 is 0 Å². The zero-order valence-corrected chi connectivity index (χ0v) is 15.0. The summed E-state index contributed by atoms with van der Waals surface area (Å²) in [5.74, 6) is -1.09. The van der Waals surface area contributed by atoms with Crippen LogP contribution < -0.4 is 5.32 Å². The molecule has 0 saturated carbocycles. The molecular weight excluding hydrogens is 358 g/mol. The highest BCUT2D eigenvalue weighted by molar-refractivity contribution is 7.99. The molecule has 1 amide bonds. The van der Waals surface area contributed by atoms with Crippen molar-refractivity contribution in [2.75, 3.05) is 11.1 Å². The van der Waals surface area contributed by atoms with Crippen molar-refractivity contribution < 1.29 is 13.6 Å². The third-order valence-electron chi connectivity index (χ3n) is 3.69. The van der Waals surface area contributed by atoms with Gasteiger partial charge in [0.25, 0.3) is 0 Å². The number of para-hydroxylation sites is 1. The average molecular weight is 374 g/mol. The van der Waals surface area contributed by atoms with Crippen LogP contribution in [0.4, 0.5) is 14.5 Å². The zero-order chi connectivity index (χ0) is 18.7. The molecule has 0 aliphatic heterocycles. The van der Waals surface area contributed by atoms with Crippen LogP contribution in [0.3, 0.4) is 0 Å². The first kappa shape index (κ1) is 18.1. The van der Waals surface area contributed by atoms with E-state index in [1.54, 1.807) is 0 Å². The number of nitrogens with zero attached hydrogens (tertiary/aromatic N) is 3. The quantitative estimate of drug-likeness (QED) is 0.688. The lowest BCUT2D eigenvalue weighted by molar-refractivity contribution is -0.113. The van der Waals surface area contributed by atoms with Crippen LogP contribution in [-0.4, -0.2) is 26.4 Å². The van der Waals surface area contributed by atoms with Gasteiger partial charge < -0.3 is 5.32 Å². The molecule has 0 atom stereocenters. The monoisotopic (exact) mass is 374 g/mol. The Labute approximate surface area is 153 Å². The number of carbonyl (C=O) groups excluding carboxylic acids is 1. The van der Waals surface area contributed by atoms with Crippen molar-refractivity contribution >= 4 is 23.4 Å². The number of anilines is 1. The van der Waals surface area contributed by atoms with E-state index in [0.717, 1.165) is 29.4 Å². The molecule has 0 spiro atoms. The van der Waals surface area contributed by atoms with Gasteiger partial charge >= 0.3 is 0 Å². The van der Waals surface area contributed by atoms with Crippen LogP contribution in [0, 0.1) is 25.5 Å². The fourth-order valence-electron chi connectivity index (χ4n) is 2.44. The molecule has 0 aliphatic rings. The molecule has 1 heterocycles. The second kappa shape index (κ2) is 7.65. The molecule has 134 valence electrons. The van der Waals surface area contributed by atoms with E-state index in [-0.39, 0.29) is 11.4 Å². The number of amides is 1. The summed E-state index contributed by atoms with van der Waals surface area (Å²) in [6, 6.07) is 10.7. The molecular formula is C18H16F2N4OS. The molecule has 0 saturated heterocycles. The molecule has 8 heteroatoms. The molecule has 0 radical (unpaired) electrons. The van der Waals surface area contributed by atoms with Crippen LogP contribution >= 0.6 is 11.8 Å². The first-order valence-electron chi connectivity index (χ1n) is 7.81. The van der Waals surface area contributed by atoms with Gasteiger partial charge in [0.15, 0.2) is 5.16 Å². The van der Waals surface area contributed by atoms with Crippen molar-refractivity contribution in [3.8, 4) is 5.69 Å². The highest BCUT2D eigenvalue weighted by Crippen LogP contribution is 2.24. The van der Waals surface area contributed by atoms with Crippen molar-refractivity contribution in [3.63, 3.8) is 0 Å². The number of hydrogen-bond acceptors (Lipinski definition) is 4. The molecule has 1 aromatic heterocycles. The molecule has 0 unspecified atom stereocenters. The van der Waals surface area contributed by atoms with Gasteiger partial charge in [0, 0.05) is 6.07 Å². The second-order valence-corrected chi connectivity index (χ2v) is 6.56. The fourth-order valence-corrected chi connectivity index (χ4v) is 3.23. The highest BCUT2D eigenvalue weighted by atomic mass is 32.2. The summed E-state index contributed by atoms with van der Waals surface area (Å²) in [6.07, 6.45) is 0. The Kier molecular flexibility index (Phi) is 5.32. The average Bonchev–Trinajstić information content (AvgIpc) is 2.97. The standard InChI is InChI=1S/C18H16F2N4OS/c1-11-5-3-4-6-16(11)24-12(2)22-23-18(24)26-10-17(25)21-15-9-13(19)7-8-14(15)20/h3-9H,10H2,1-2H3,(H,21,25). The minimum Gasteiger partial charge on any atom is -0.323 e. The minimum atomic E-state index is -0.691. The summed E-state index contributed by atoms with van der Waals surface area (Å²) in [5, 5.41) is 11.1. The third kappa shape index (κ3) is 3.91. The largest absolute Gasteiger partial charge is 0.323 e. The van der Waals surface area contributed by atoms with Gasteiger partial charge in [-0.2, -0.15) is 0 Å². The Balaban J connectivity index is 1.74. The Hall–Kier alpha value is -2.74. The summed E-state index contributed by atoms with van der Waals surface area (Å²) in [7, 11) is 0. The Morgan fingerprint density at radius 3 is 2.69 bits per heavy atom. The van der Waals surface area contributed by atoms with Crippen LogP contribution in [0.2, 0.25) is 0 Å². The maximum absolute atomic E-state index is 13.6. The normalized spacial score (nSPS) is 10.8. The summed E-state index contributed by atoms with van der Waals surface area (Å²) < 4.78 is 28.7. The first-order valence-corrected chi connectivity index (χ1v) is 8.80. The minimum absolute atomic E-state index is 0.0139. The number of rotatable bonds is 5. The molecule has 0 fully saturated rings. The van der Waals surface area contributed by atoms with Gasteiger partial charge in [-0.05, 0) is 37.6 Å². The smallest absolute Gasteiger partial charge is 0.234 e. The number of benzene rings is 2. The molecule has 0 aliphatic carbocycles. The topological polar surface area (TPSA) is 59.8 Å². The van der Waals surface area contributed by atoms with Crippen LogP contribution in [0.1, 0.15) is 11.4 Å². The van der Waals surface area contributed by atoms with E-state index in [2.05, 4.69) is 15.5 Å². The van der Waals surface area contributed by atoms with Gasteiger partial charge in [-0.3, -0.25) is 9.36 Å². The molecule has 0 bridgehead atoms. The highest BCUT2D eigenvalue weighted by Gasteiger charge is 2.15. The predicted octanol–water partition coefficient (Wildman–Crippen LogP) is 3.89. The third-order valence-corrected chi connectivity index (χ3v) is 4.62. The maximum Gasteiger partial charge on any atom is 0.234 e. The van der Waals surface area contributed by atoms with Gasteiger partial charge in [-0.1, -0.05) is 30.0 Å². The summed E-state index contributed by atoms with van der Waals surface area (Å²) in [4.78, 5) is 12.1. The Bertz CT molecular complexity index is 958. The van der Waals surface area contributed by atoms with E-state index < -0.39 is 17.5 Å². The summed E-state index contributed by atoms with van der Waals surface area (Å²) >= 11 is 1.17. The van der Waals surface area contributed by atoms with Gasteiger partial charge in [0.05, 0.1) is 17.1 Å². The lowest BCUT2D eigenvalue weighted by atomic mass is 10.2. The molecule has 1 N–H and O–H groups in total. The molecule has 3 rings (SSSR count). The van der Waals surface area contributed by atoms with Crippen LogP contribution in [0.5, 0.6) is 0 Å². The lowest BCUT2D eigenvalue weighted by Crippen LogP contribution is -2.15. The number of halogens is 2. The summed E-state index contributed by atoms with van der Waals surface area (Å²) in [5.41, 5.74) is 1.78. The maximum atomic E-state index is 13.6. The van der Waals surface area contributed by atoms with E-state index in [1.807, 2.05) is 42.7 Å². The summed E-state index contributed by atoms with van der Waals surface area (Å²) in [6.45, 7) is 3.80. The van der Waals surface area contributed by atoms with Crippen molar-refractivity contribution in [3.05, 3.63) is 65.5 Å². The predicted molar refractivity (Wildman–Crippen MR) is 96.5 cm³/mol. The number of aryl methyl sites for hydroxylation is 2. The van der Waals surface area contributed by atoms with Crippen molar-refractivity contribution in [1.29, 1.82) is 0 Å². The van der Waals surface area contributed by atoms with E-state index in [9.17, 15) is 13.6 Å². The van der Waals surface area contributed by atoms with Gasteiger partial charge in [0.1, 0.15) is 17.5 Å². The number of aromatic nitrogens is 3. The lowest BCUT2D eigenvalue weighted by Gasteiger charge is -2.11. The number of thioether (sulfide) groups is 1. The number of nitrogens with one attached hydrogen (secondary N) is 1. The molecule has 3 aromatic rings. The van der Waals surface area contributed by atoms with Gasteiger partial charge in [-0.15, -0.1) is 10.2 Å². The second-order valence-electron chi connectivity index (χ2n) is 5.61. The SMILES string of the molecule is Cc1ccccc1-n1c(C)nnc1SCC(=O)Nc1cc(F)ccc1F. The Morgan fingerprint density at radius 2 is 1.92 bits per heavy atom. The van der Waals surface area contributed by atoms with E-state index in [0.29, 0.717) is 11.0 Å². The van der Waals surface area contributed by atoms with Crippen LogP contribution in [0.25, 0.3) is 5.69 Å². The van der Waals surface area contributed by atoms with Crippen molar-refractivity contribution in [2.45, 2.75) is 19.0 Å². The Morgan fingerprint density at radius 1 is 1.15 bits per heavy atom. The van der Waals surface area contributed by atoms with E-state index in [4.69, 9.17) is 0 Å². The first-order chi connectivity index (χ1) is 12.5.